The molecule has 0 saturated carbocycles. The van der Waals surface area contributed by atoms with Gasteiger partial charge in [0, 0.05) is 33.5 Å². The van der Waals surface area contributed by atoms with Crippen molar-refractivity contribution in [2.75, 3.05) is 32.7 Å². The standard InChI is InChI=1S/C15H24N3O2PS/c1-5-9-17(10-6-2)15(21-22,16-13-14(19)20)18(11-7-3)12-8-4/h5-8,16H,1-4,9-13H2,(H,19,20). The van der Waals surface area contributed by atoms with E-state index >= 15 is 0 Å². The van der Waals surface area contributed by atoms with Crippen molar-refractivity contribution in [2.45, 2.75) is 5.53 Å². The molecular formula is C15H24N3O2PS. The van der Waals surface area contributed by atoms with Gasteiger partial charge >= 0.3 is 5.97 Å². The third-order valence-corrected chi connectivity index (χ3v) is 4.63. The van der Waals surface area contributed by atoms with Crippen molar-refractivity contribution in [3.8, 4) is 0 Å². The highest BCUT2D eigenvalue weighted by Gasteiger charge is 2.39. The topological polar surface area (TPSA) is 55.8 Å². The van der Waals surface area contributed by atoms with Crippen LogP contribution in [-0.4, -0.2) is 59.1 Å². The van der Waals surface area contributed by atoms with Gasteiger partial charge in [-0.2, -0.15) is 0 Å². The van der Waals surface area contributed by atoms with E-state index in [9.17, 15) is 4.79 Å². The van der Waals surface area contributed by atoms with Crippen LogP contribution in [0.4, 0.5) is 0 Å². The van der Waals surface area contributed by atoms with Crippen LogP contribution in [0.1, 0.15) is 0 Å². The van der Waals surface area contributed by atoms with Crippen molar-refractivity contribution in [3.05, 3.63) is 50.6 Å². The van der Waals surface area contributed by atoms with Crippen LogP contribution in [0.25, 0.3) is 0 Å². The first-order valence-electron chi connectivity index (χ1n) is 6.77. The van der Waals surface area contributed by atoms with Crippen LogP contribution in [0, 0.1) is 0 Å². The molecule has 5 nitrogen and oxygen atoms in total. The zero-order valence-corrected chi connectivity index (χ0v) is 14.5. The van der Waals surface area contributed by atoms with E-state index in [2.05, 4.69) is 31.6 Å². The Morgan fingerprint density at radius 2 is 1.41 bits per heavy atom. The van der Waals surface area contributed by atoms with Gasteiger partial charge in [-0.25, -0.2) is 0 Å². The highest BCUT2D eigenvalue weighted by molar-refractivity contribution is 7.97. The van der Waals surface area contributed by atoms with Crippen molar-refractivity contribution < 1.29 is 9.90 Å². The Morgan fingerprint density at radius 1 is 1.05 bits per heavy atom. The minimum absolute atomic E-state index is 0.209. The second-order valence-electron chi connectivity index (χ2n) is 4.44. The normalized spacial score (nSPS) is 11.5. The lowest BCUT2D eigenvalue weighted by molar-refractivity contribution is -0.137. The predicted octanol–water partition coefficient (Wildman–Crippen LogP) is 2.03. The van der Waals surface area contributed by atoms with Gasteiger partial charge in [0.25, 0.3) is 0 Å². The molecule has 0 bridgehead atoms. The van der Waals surface area contributed by atoms with E-state index in [0.29, 0.717) is 33.5 Å². The molecule has 0 aromatic carbocycles. The van der Waals surface area contributed by atoms with E-state index in [0.717, 1.165) is 0 Å². The predicted molar refractivity (Wildman–Crippen MR) is 96.6 cm³/mol. The first-order chi connectivity index (χ1) is 10.5. The van der Waals surface area contributed by atoms with Crippen molar-refractivity contribution in [3.63, 3.8) is 0 Å². The van der Waals surface area contributed by atoms with Gasteiger partial charge in [-0.15, -0.1) is 26.3 Å². The maximum absolute atomic E-state index is 11.0. The lowest BCUT2D eigenvalue weighted by Gasteiger charge is -2.47. The molecule has 122 valence electrons. The maximum Gasteiger partial charge on any atom is 0.317 e. The van der Waals surface area contributed by atoms with Gasteiger partial charge in [0.2, 0.25) is 0 Å². The van der Waals surface area contributed by atoms with E-state index in [1.54, 1.807) is 24.3 Å². The Balaban J connectivity index is 5.79. The molecule has 0 radical (unpaired) electrons. The lowest BCUT2D eigenvalue weighted by Crippen LogP contribution is -2.66. The number of carboxylic acid groups (broad SMARTS) is 1. The van der Waals surface area contributed by atoms with E-state index in [1.807, 2.05) is 9.80 Å². The minimum atomic E-state index is -0.947. The second-order valence-corrected chi connectivity index (χ2v) is 5.79. The number of hydrogen-bond acceptors (Lipinski definition) is 5. The molecule has 0 fully saturated rings. The summed E-state index contributed by atoms with van der Waals surface area (Å²) in [5.41, 5.74) is -0.849. The average Bonchev–Trinajstić information content (AvgIpc) is 2.48. The zero-order chi connectivity index (χ0) is 17.0. The number of nitrogens with one attached hydrogen (secondary N) is 1. The summed E-state index contributed by atoms with van der Waals surface area (Å²) in [6.07, 6.45) is 7.00. The Kier molecular flexibility index (Phi) is 10.8. The second kappa shape index (κ2) is 11.4. The Hall–Kier alpha value is -1.17. The number of nitrogens with zero attached hydrogens (tertiary/aromatic N) is 2. The van der Waals surface area contributed by atoms with Crippen molar-refractivity contribution in [1.29, 1.82) is 0 Å². The summed E-state index contributed by atoms with van der Waals surface area (Å²) in [7, 11) is 0.547. The van der Waals surface area contributed by atoms with Crippen LogP contribution in [0.15, 0.2) is 50.6 Å². The Morgan fingerprint density at radius 3 is 1.64 bits per heavy atom. The molecule has 0 amide bonds. The Labute approximate surface area is 139 Å². The molecule has 0 aliphatic heterocycles. The summed E-state index contributed by atoms with van der Waals surface area (Å²) in [6.45, 7) is 17.0. The van der Waals surface area contributed by atoms with Crippen LogP contribution in [0.3, 0.4) is 0 Å². The third kappa shape index (κ3) is 5.91. The molecule has 0 heterocycles. The lowest BCUT2D eigenvalue weighted by atomic mass is 10.3. The third-order valence-electron chi connectivity index (χ3n) is 2.88. The van der Waals surface area contributed by atoms with E-state index in [1.165, 1.54) is 0 Å². The summed E-state index contributed by atoms with van der Waals surface area (Å²) in [6, 6.07) is 0. The zero-order valence-electron chi connectivity index (χ0n) is 12.8. The SMILES string of the molecule is C=CCN(CC=C)C(NCC(=O)O)(P=S)N(CC=C)CC=C. The van der Waals surface area contributed by atoms with Crippen LogP contribution in [0.2, 0.25) is 0 Å². The van der Waals surface area contributed by atoms with E-state index in [4.69, 9.17) is 16.9 Å². The molecule has 0 saturated heterocycles. The fraction of sp³-hybridized carbons (Fsp3) is 0.400. The first-order valence-corrected chi connectivity index (χ1v) is 8.68. The summed E-state index contributed by atoms with van der Waals surface area (Å²) in [4.78, 5) is 15.0. The molecule has 0 aliphatic rings. The molecule has 0 unspecified atom stereocenters. The van der Waals surface area contributed by atoms with Crippen molar-refractivity contribution in [1.82, 2.24) is 15.1 Å². The summed E-state index contributed by atoms with van der Waals surface area (Å²) in [5, 5.41) is 12.1. The smallest absolute Gasteiger partial charge is 0.317 e. The average molecular weight is 341 g/mol. The molecule has 22 heavy (non-hydrogen) atoms. The number of aliphatic carboxylic acids is 1. The maximum atomic E-state index is 11.0. The van der Waals surface area contributed by atoms with Gasteiger partial charge in [-0.05, 0) is 0 Å². The van der Waals surface area contributed by atoms with Crippen LogP contribution < -0.4 is 5.32 Å². The van der Waals surface area contributed by atoms with Crippen LogP contribution >= 0.6 is 7.36 Å². The number of carbonyl (C=O) groups is 1. The highest BCUT2D eigenvalue weighted by Crippen LogP contribution is 2.30. The van der Waals surface area contributed by atoms with Gasteiger partial charge in [0.05, 0.1) is 6.54 Å². The summed E-state index contributed by atoms with van der Waals surface area (Å²) in [5.74, 6) is -0.947. The quantitative estimate of drug-likeness (QED) is 0.286. The molecular weight excluding hydrogens is 317 g/mol. The van der Waals surface area contributed by atoms with Crippen LogP contribution in [0.5, 0.6) is 0 Å². The molecule has 0 aromatic rings. The number of rotatable bonds is 14. The van der Waals surface area contributed by atoms with Crippen LogP contribution in [-0.2, 0) is 16.6 Å². The largest absolute Gasteiger partial charge is 0.480 e. The molecule has 0 spiro atoms. The fourth-order valence-electron chi connectivity index (χ4n) is 2.05. The summed E-state index contributed by atoms with van der Waals surface area (Å²) < 4.78 is 0. The van der Waals surface area contributed by atoms with Crippen molar-refractivity contribution in [2.24, 2.45) is 0 Å². The van der Waals surface area contributed by atoms with Gasteiger partial charge in [0.1, 0.15) is 0 Å². The first kappa shape index (κ1) is 20.8. The molecule has 0 aromatic heterocycles. The van der Waals surface area contributed by atoms with E-state index < -0.39 is 11.5 Å². The molecule has 0 atom stereocenters. The highest BCUT2D eigenvalue weighted by atomic mass is 32.4. The molecule has 0 aliphatic carbocycles. The number of carboxylic acids is 1. The van der Waals surface area contributed by atoms with Crippen molar-refractivity contribution >= 4 is 25.1 Å². The number of hydrogen-bond donors (Lipinski definition) is 2. The monoisotopic (exact) mass is 341 g/mol. The van der Waals surface area contributed by atoms with Gasteiger partial charge in [-0.3, -0.25) is 19.9 Å². The van der Waals surface area contributed by atoms with Gasteiger partial charge < -0.3 is 5.11 Å². The van der Waals surface area contributed by atoms with Gasteiger partial charge in [-0.1, -0.05) is 36.1 Å². The molecule has 2 N–H and O–H groups in total. The van der Waals surface area contributed by atoms with Gasteiger partial charge in [0.15, 0.2) is 5.53 Å². The summed E-state index contributed by atoms with van der Waals surface area (Å²) >= 11 is 5.34. The molecule has 7 heteroatoms. The molecule has 0 rings (SSSR count). The minimum Gasteiger partial charge on any atom is -0.480 e. The fourth-order valence-corrected chi connectivity index (χ4v) is 3.63. The van der Waals surface area contributed by atoms with E-state index in [-0.39, 0.29) is 6.54 Å². The Bertz CT molecular complexity index is 385.